The Balaban J connectivity index is 1.94. The molecule has 1 atom stereocenters. The average molecular weight is 335 g/mol. The summed E-state index contributed by atoms with van der Waals surface area (Å²) in [5, 5.41) is 2.69. The first-order valence-corrected chi connectivity index (χ1v) is 8.42. The van der Waals surface area contributed by atoms with Gasteiger partial charge >= 0.3 is 0 Å². The molecular weight excluding hydrogens is 309 g/mol. The lowest BCUT2D eigenvalue weighted by atomic mass is 10.1. The zero-order chi connectivity index (χ0) is 17.7. The highest BCUT2D eigenvalue weighted by atomic mass is 19.1. The number of nitrogens with zero attached hydrogens (tertiary/aromatic N) is 2. The molecule has 0 spiro atoms. The number of carbonyl (C=O) groups is 2. The number of benzene rings is 1. The van der Waals surface area contributed by atoms with Crippen LogP contribution in [0.25, 0.3) is 0 Å². The Morgan fingerprint density at radius 2 is 1.92 bits per heavy atom. The molecule has 1 aromatic rings. The number of amides is 2. The largest absolute Gasteiger partial charge is 0.358 e. The molecule has 0 aliphatic carbocycles. The molecule has 1 aromatic carbocycles. The van der Waals surface area contributed by atoms with Crippen molar-refractivity contribution in [2.24, 2.45) is 0 Å². The third-order valence-corrected chi connectivity index (χ3v) is 4.53. The molecule has 1 aliphatic heterocycles. The van der Waals surface area contributed by atoms with Crippen LogP contribution in [0.15, 0.2) is 24.3 Å². The van der Waals surface area contributed by atoms with Gasteiger partial charge in [-0.15, -0.1) is 0 Å². The quantitative estimate of drug-likeness (QED) is 0.886. The van der Waals surface area contributed by atoms with Gasteiger partial charge in [0.15, 0.2) is 0 Å². The number of hydrogen-bond acceptors (Lipinski definition) is 3. The first-order valence-electron chi connectivity index (χ1n) is 8.42. The van der Waals surface area contributed by atoms with E-state index >= 15 is 0 Å². The Morgan fingerprint density at radius 1 is 1.25 bits per heavy atom. The second-order valence-electron chi connectivity index (χ2n) is 6.43. The van der Waals surface area contributed by atoms with Gasteiger partial charge in [-0.1, -0.05) is 12.1 Å². The number of halogens is 1. The highest BCUT2D eigenvalue weighted by molar-refractivity contribution is 5.83. The highest BCUT2D eigenvalue weighted by Gasteiger charge is 2.34. The lowest BCUT2D eigenvalue weighted by molar-refractivity contribution is -0.138. The standard InChI is InChI=1S/C18H26FN3O2/c1-13(2)22-11-10-21(12-16(22)18(24)20-3)17(23)9-6-14-4-7-15(19)8-5-14/h4-5,7-8,13,16H,6,9-12H2,1-3H3,(H,20,24)/t16-/m0/s1. The van der Waals surface area contributed by atoms with Crippen molar-refractivity contribution < 1.29 is 14.0 Å². The van der Waals surface area contributed by atoms with Gasteiger partial charge in [-0.2, -0.15) is 0 Å². The Morgan fingerprint density at radius 3 is 2.50 bits per heavy atom. The molecule has 2 amide bonds. The molecule has 1 N–H and O–H groups in total. The summed E-state index contributed by atoms with van der Waals surface area (Å²) in [5.74, 6) is -0.292. The average Bonchev–Trinajstić information content (AvgIpc) is 2.59. The van der Waals surface area contributed by atoms with Crippen LogP contribution in [-0.4, -0.2) is 60.4 Å². The van der Waals surface area contributed by atoms with Crippen molar-refractivity contribution >= 4 is 11.8 Å². The van der Waals surface area contributed by atoms with E-state index in [1.807, 2.05) is 0 Å². The van der Waals surface area contributed by atoms with Crippen molar-refractivity contribution in [2.75, 3.05) is 26.7 Å². The van der Waals surface area contributed by atoms with Crippen LogP contribution < -0.4 is 5.32 Å². The van der Waals surface area contributed by atoms with Crippen molar-refractivity contribution in [2.45, 2.75) is 38.8 Å². The Hall–Kier alpha value is -1.95. The molecule has 1 saturated heterocycles. The maximum absolute atomic E-state index is 12.9. The fourth-order valence-corrected chi connectivity index (χ4v) is 3.10. The molecule has 24 heavy (non-hydrogen) atoms. The topological polar surface area (TPSA) is 52.7 Å². The van der Waals surface area contributed by atoms with Gasteiger partial charge in [0.25, 0.3) is 0 Å². The molecule has 1 fully saturated rings. The van der Waals surface area contributed by atoms with Gasteiger partial charge < -0.3 is 10.2 Å². The summed E-state index contributed by atoms with van der Waals surface area (Å²) in [6.07, 6.45) is 0.946. The molecule has 0 unspecified atom stereocenters. The van der Waals surface area contributed by atoms with Crippen molar-refractivity contribution in [1.82, 2.24) is 15.1 Å². The van der Waals surface area contributed by atoms with E-state index in [9.17, 15) is 14.0 Å². The lowest BCUT2D eigenvalue weighted by Crippen LogP contribution is -2.61. The Labute approximate surface area is 142 Å². The number of nitrogens with one attached hydrogen (secondary N) is 1. The maximum Gasteiger partial charge on any atom is 0.238 e. The Kier molecular flexibility index (Phi) is 6.31. The summed E-state index contributed by atoms with van der Waals surface area (Å²) >= 11 is 0. The maximum atomic E-state index is 12.9. The van der Waals surface area contributed by atoms with Crippen LogP contribution in [0.4, 0.5) is 4.39 Å². The van der Waals surface area contributed by atoms with E-state index in [4.69, 9.17) is 0 Å². The van der Waals surface area contributed by atoms with Gasteiger partial charge in [-0.05, 0) is 38.0 Å². The highest BCUT2D eigenvalue weighted by Crippen LogP contribution is 2.15. The van der Waals surface area contributed by atoms with E-state index in [0.29, 0.717) is 32.5 Å². The number of hydrogen-bond donors (Lipinski definition) is 1. The SMILES string of the molecule is CNC(=O)[C@@H]1CN(C(=O)CCc2ccc(F)cc2)CCN1C(C)C. The first kappa shape index (κ1) is 18.4. The van der Waals surface area contributed by atoms with Gasteiger partial charge in [0.1, 0.15) is 11.9 Å². The molecular formula is C18H26FN3O2. The predicted molar refractivity (Wildman–Crippen MR) is 91.0 cm³/mol. The van der Waals surface area contributed by atoms with Crippen LogP contribution in [0.5, 0.6) is 0 Å². The molecule has 1 heterocycles. The van der Waals surface area contributed by atoms with E-state index in [1.165, 1.54) is 12.1 Å². The van der Waals surface area contributed by atoms with Crippen LogP contribution in [0.2, 0.25) is 0 Å². The van der Waals surface area contributed by atoms with Crippen LogP contribution in [-0.2, 0) is 16.0 Å². The van der Waals surface area contributed by atoms with Crippen molar-refractivity contribution in [1.29, 1.82) is 0 Å². The molecule has 0 saturated carbocycles. The third-order valence-electron chi connectivity index (χ3n) is 4.53. The second-order valence-corrected chi connectivity index (χ2v) is 6.43. The second kappa shape index (κ2) is 8.24. The normalized spacial score (nSPS) is 18.7. The number of carbonyl (C=O) groups excluding carboxylic acids is 2. The number of piperazine rings is 1. The fourth-order valence-electron chi connectivity index (χ4n) is 3.10. The summed E-state index contributed by atoms with van der Waals surface area (Å²) < 4.78 is 12.9. The minimum Gasteiger partial charge on any atom is -0.358 e. The van der Waals surface area contributed by atoms with Crippen molar-refractivity contribution in [3.05, 3.63) is 35.6 Å². The molecule has 1 aliphatic rings. The van der Waals surface area contributed by atoms with Crippen LogP contribution in [0.3, 0.4) is 0 Å². The number of rotatable bonds is 5. The predicted octanol–water partition coefficient (Wildman–Crippen LogP) is 1.43. The van der Waals surface area contributed by atoms with Gasteiger partial charge in [0, 0.05) is 39.1 Å². The molecule has 5 nitrogen and oxygen atoms in total. The van der Waals surface area contributed by atoms with Gasteiger partial charge in [-0.3, -0.25) is 14.5 Å². The van der Waals surface area contributed by atoms with Crippen LogP contribution >= 0.6 is 0 Å². The van der Waals surface area contributed by atoms with Crippen molar-refractivity contribution in [3.8, 4) is 0 Å². The van der Waals surface area contributed by atoms with Crippen LogP contribution in [0, 0.1) is 5.82 Å². The van der Waals surface area contributed by atoms with Crippen LogP contribution in [0.1, 0.15) is 25.8 Å². The van der Waals surface area contributed by atoms with E-state index < -0.39 is 0 Å². The van der Waals surface area contributed by atoms with Gasteiger partial charge in [0.2, 0.25) is 11.8 Å². The molecule has 6 heteroatoms. The Bertz CT molecular complexity index is 574. The zero-order valence-corrected chi connectivity index (χ0v) is 14.6. The fraction of sp³-hybridized carbons (Fsp3) is 0.556. The zero-order valence-electron chi connectivity index (χ0n) is 14.6. The summed E-state index contributed by atoms with van der Waals surface area (Å²) in [6, 6.07) is 6.16. The number of likely N-dealkylation sites (N-methyl/N-ethyl adjacent to an activating group) is 1. The van der Waals surface area contributed by atoms with Gasteiger partial charge in [0.05, 0.1) is 0 Å². The minimum atomic E-state index is -0.307. The molecule has 0 bridgehead atoms. The van der Waals surface area contributed by atoms with E-state index in [2.05, 4.69) is 24.1 Å². The van der Waals surface area contributed by atoms with E-state index in [0.717, 1.165) is 5.56 Å². The lowest BCUT2D eigenvalue weighted by Gasteiger charge is -2.42. The summed E-state index contributed by atoms with van der Waals surface area (Å²) in [5.41, 5.74) is 0.938. The third kappa shape index (κ3) is 4.54. The first-order chi connectivity index (χ1) is 11.4. The molecule has 0 radical (unpaired) electrons. The molecule has 0 aromatic heterocycles. The summed E-state index contributed by atoms with van der Waals surface area (Å²) in [4.78, 5) is 28.5. The van der Waals surface area contributed by atoms with E-state index in [1.54, 1.807) is 24.1 Å². The van der Waals surface area contributed by atoms with Gasteiger partial charge in [-0.25, -0.2) is 4.39 Å². The summed E-state index contributed by atoms with van der Waals surface area (Å²) in [7, 11) is 1.62. The monoisotopic (exact) mass is 335 g/mol. The number of aryl methyl sites for hydroxylation is 1. The van der Waals surface area contributed by atoms with Crippen molar-refractivity contribution in [3.63, 3.8) is 0 Å². The van der Waals surface area contributed by atoms with E-state index in [-0.39, 0.29) is 29.7 Å². The molecule has 2 rings (SSSR count). The molecule has 132 valence electrons. The smallest absolute Gasteiger partial charge is 0.238 e. The summed E-state index contributed by atoms with van der Waals surface area (Å²) in [6.45, 7) is 5.86. The minimum absolute atomic E-state index is 0.0386.